The van der Waals surface area contributed by atoms with Gasteiger partial charge in [0, 0.05) is 6.92 Å². The van der Waals surface area contributed by atoms with E-state index in [1.54, 1.807) is 13.8 Å². The lowest BCUT2D eigenvalue weighted by atomic mass is 10.1. The Kier molecular flexibility index (Phi) is 6.45. The first kappa shape index (κ1) is 20.3. The molecule has 142 valence electrons. The number of hydrogen-bond acceptors (Lipinski definition) is 8. The average Bonchev–Trinajstić information content (AvgIpc) is 3.05. The molecule has 0 saturated heterocycles. The third-order valence-corrected chi connectivity index (χ3v) is 3.99. The van der Waals surface area contributed by atoms with Crippen LogP contribution in [-0.4, -0.2) is 28.5 Å². The maximum absolute atomic E-state index is 12.2. The van der Waals surface area contributed by atoms with Crippen molar-refractivity contribution < 1.29 is 28.4 Å². The molecule has 0 spiro atoms. The number of carbonyl (C=O) groups is 2. The van der Waals surface area contributed by atoms with Gasteiger partial charge in [-0.3, -0.25) is 19.9 Å². The van der Waals surface area contributed by atoms with Gasteiger partial charge in [-0.2, -0.15) is 0 Å². The zero-order chi connectivity index (χ0) is 20.1. The summed E-state index contributed by atoms with van der Waals surface area (Å²) in [7, 11) is 0. The van der Waals surface area contributed by atoms with Crippen molar-refractivity contribution in [3.63, 3.8) is 0 Å². The molecule has 0 radical (unpaired) electrons. The van der Waals surface area contributed by atoms with Crippen LogP contribution in [0.3, 0.4) is 0 Å². The van der Waals surface area contributed by atoms with Gasteiger partial charge in [0.15, 0.2) is 5.75 Å². The Morgan fingerprint density at radius 3 is 2.63 bits per heavy atom. The number of furan rings is 1. The Hall–Kier alpha value is -3.01. The van der Waals surface area contributed by atoms with Crippen molar-refractivity contribution in [2.24, 2.45) is 0 Å². The molecule has 10 heteroatoms. The standard InChI is InChI=1S/C17H15BrN2O7/c1-4-25-17(22)14-9(2)19-12(15(18)16(14)26-10(3)21)7-5-11-6-8-13(27-11)20(23)24/h5-8H,4H2,1-3H3. The number of aryl methyl sites for hydroxylation is 1. The molecule has 0 aliphatic heterocycles. The molecule has 0 bridgehead atoms. The van der Waals surface area contributed by atoms with E-state index in [2.05, 4.69) is 20.9 Å². The van der Waals surface area contributed by atoms with Crippen molar-refractivity contribution in [1.29, 1.82) is 0 Å². The van der Waals surface area contributed by atoms with Gasteiger partial charge < -0.3 is 13.9 Å². The minimum Gasteiger partial charge on any atom is -0.462 e. The topological polar surface area (TPSA) is 122 Å². The summed E-state index contributed by atoms with van der Waals surface area (Å²) >= 11 is 3.28. The van der Waals surface area contributed by atoms with Crippen LogP contribution in [0.2, 0.25) is 0 Å². The Balaban J connectivity index is 2.49. The molecule has 0 saturated carbocycles. The smallest absolute Gasteiger partial charge is 0.433 e. The molecule has 0 atom stereocenters. The molecule has 2 aromatic rings. The van der Waals surface area contributed by atoms with Crippen molar-refractivity contribution in [1.82, 2.24) is 4.98 Å². The summed E-state index contributed by atoms with van der Waals surface area (Å²) in [5, 5.41) is 10.7. The predicted molar refractivity (Wildman–Crippen MR) is 98.2 cm³/mol. The first-order valence-corrected chi connectivity index (χ1v) is 8.51. The van der Waals surface area contributed by atoms with E-state index in [9.17, 15) is 19.7 Å². The first-order valence-electron chi connectivity index (χ1n) is 7.72. The van der Waals surface area contributed by atoms with E-state index in [4.69, 9.17) is 13.9 Å². The Morgan fingerprint density at radius 2 is 2.07 bits per heavy atom. The number of esters is 2. The molecule has 0 unspecified atom stereocenters. The number of nitrogens with zero attached hydrogens (tertiary/aromatic N) is 2. The summed E-state index contributed by atoms with van der Waals surface area (Å²) in [6.07, 6.45) is 2.96. The van der Waals surface area contributed by atoms with Gasteiger partial charge in [-0.1, -0.05) is 0 Å². The summed E-state index contributed by atoms with van der Waals surface area (Å²) in [6, 6.07) is 2.65. The number of carbonyl (C=O) groups excluding carboxylic acids is 2. The van der Waals surface area contributed by atoms with Gasteiger partial charge in [-0.05, 0) is 48.0 Å². The number of ether oxygens (including phenoxy) is 2. The summed E-state index contributed by atoms with van der Waals surface area (Å²) in [5.41, 5.74) is 0.651. The first-order chi connectivity index (χ1) is 12.7. The maximum atomic E-state index is 12.2. The summed E-state index contributed by atoms with van der Waals surface area (Å²) < 4.78 is 15.5. The number of nitro groups is 1. The van der Waals surface area contributed by atoms with E-state index in [1.807, 2.05) is 0 Å². The average molecular weight is 439 g/mol. The molecule has 2 aromatic heterocycles. The van der Waals surface area contributed by atoms with Crippen LogP contribution in [0.5, 0.6) is 5.75 Å². The molecular weight excluding hydrogens is 424 g/mol. The fourth-order valence-corrected chi connectivity index (χ4v) is 2.66. The van der Waals surface area contributed by atoms with Crippen molar-refractivity contribution in [3.8, 4) is 5.75 Å². The molecule has 0 N–H and O–H groups in total. The zero-order valence-corrected chi connectivity index (χ0v) is 16.2. The third kappa shape index (κ3) is 4.79. The van der Waals surface area contributed by atoms with Gasteiger partial charge >= 0.3 is 17.8 Å². The molecule has 27 heavy (non-hydrogen) atoms. The molecule has 0 amide bonds. The lowest BCUT2D eigenvalue weighted by Crippen LogP contribution is -2.14. The molecule has 0 fully saturated rings. The van der Waals surface area contributed by atoms with Crippen LogP contribution in [0.1, 0.15) is 41.4 Å². The Bertz CT molecular complexity index is 934. The quantitative estimate of drug-likeness (QED) is 0.377. The lowest BCUT2D eigenvalue weighted by molar-refractivity contribution is -0.402. The number of aromatic nitrogens is 1. The normalized spacial score (nSPS) is 10.8. The van der Waals surface area contributed by atoms with Crippen LogP contribution in [0.25, 0.3) is 12.2 Å². The minimum atomic E-state index is -0.670. The largest absolute Gasteiger partial charge is 0.462 e. The molecule has 2 heterocycles. The summed E-state index contributed by atoms with van der Waals surface area (Å²) in [5.74, 6) is -1.47. The number of halogens is 1. The molecule has 9 nitrogen and oxygen atoms in total. The molecule has 2 rings (SSSR count). The third-order valence-electron chi connectivity index (χ3n) is 3.22. The van der Waals surface area contributed by atoms with E-state index in [1.165, 1.54) is 31.2 Å². The number of pyridine rings is 1. The van der Waals surface area contributed by atoms with Crippen molar-refractivity contribution in [2.75, 3.05) is 6.61 Å². The highest BCUT2D eigenvalue weighted by Gasteiger charge is 2.24. The van der Waals surface area contributed by atoms with Gasteiger partial charge in [0.25, 0.3) is 0 Å². The van der Waals surface area contributed by atoms with Gasteiger partial charge in [-0.25, -0.2) is 4.79 Å². The van der Waals surface area contributed by atoms with E-state index in [-0.39, 0.29) is 33.8 Å². The van der Waals surface area contributed by atoms with Crippen LogP contribution in [0.4, 0.5) is 5.88 Å². The van der Waals surface area contributed by atoms with Crippen LogP contribution >= 0.6 is 15.9 Å². The van der Waals surface area contributed by atoms with Crippen LogP contribution in [0, 0.1) is 17.0 Å². The second kappa shape index (κ2) is 8.58. The SMILES string of the molecule is CCOC(=O)c1c(C)nc(C=Cc2ccc([N+](=O)[O-])o2)c(Br)c1OC(C)=O. The predicted octanol–water partition coefficient (Wildman–Crippen LogP) is 3.93. The van der Waals surface area contributed by atoms with Crippen molar-refractivity contribution >= 4 is 45.9 Å². The second-order valence-electron chi connectivity index (χ2n) is 5.18. The van der Waals surface area contributed by atoms with Gasteiger partial charge in [0.05, 0.1) is 28.5 Å². The molecule has 0 aliphatic carbocycles. The van der Waals surface area contributed by atoms with E-state index < -0.39 is 22.7 Å². The van der Waals surface area contributed by atoms with Crippen LogP contribution in [0.15, 0.2) is 21.0 Å². The number of hydrogen-bond donors (Lipinski definition) is 0. The highest BCUT2D eigenvalue weighted by Crippen LogP contribution is 2.35. The second-order valence-corrected chi connectivity index (χ2v) is 5.97. The zero-order valence-electron chi connectivity index (χ0n) is 14.6. The van der Waals surface area contributed by atoms with Gasteiger partial charge in [0.1, 0.15) is 16.2 Å². The molecular formula is C17H15BrN2O7. The Labute approximate surface area is 162 Å². The highest BCUT2D eigenvalue weighted by atomic mass is 79.9. The summed E-state index contributed by atoms with van der Waals surface area (Å²) in [4.78, 5) is 38.0. The fourth-order valence-electron chi connectivity index (χ4n) is 2.16. The van der Waals surface area contributed by atoms with Crippen LogP contribution < -0.4 is 4.74 Å². The van der Waals surface area contributed by atoms with Crippen molar-refractivity contribution in [2.45, 2.75) is 20.8 Å². The number of rotatable bonds is 6. The van der Waals surface area contributed by atoms with Gasteiger partial charge in [0.2, 0.25) is 0 Å². The minimum absolute atomic E-state index is 0.0153. The fraction of sp³-hybridized carbons (Fsp3) is 0.235. The Morgan fingerprint density at radius 1 is 1.37 bits per heavy atom. The monoisotopic (exact) mass is 438 g/mol. The molecule has 0 aliphatic rings. The van der Waals surface area contributed by atoms with E-state index in [0.717, 1.165) is 0 Å². The van der Waals surface area contributed by atoms with E-state index >= 15 is 0 Å². The highest BCUT2D eigenvalue weighted by molar-refractivity contribution is 9.10. The lowest BCUT2D eigenvalue weighted by Gasteiger charge is -2.14. The van der Waals surface area contributed by atoms with Gasteiger partial charge in [-0.15, -0.1) is 0 Å². The maximum Gasteiger partial charge on any atom is 0.433 e. The summed E-state index contributed by atoms with van der Waals surface area (Å²) in [6.45, 7) is 4.57. The van der Waals surface area contributed by atoms with E-state index in [0.29, 0.717) is 5.69 Å². The molecule has 0 aromatic carbocycles. The van der Waals surface area contributed by atoms with Crippen molar-refractivity contribution in [3.05, 3.63) is 49.4 Å². The van der Waals surface area contributed by atoms with Crippen LogP contribution in [-0.2, 0) is 9.53 Å².